The molecule has 0 saturated carbocycles. The van der Waals surface area contributed by atoms with Crippen molar-refractivity contribution in [1.29, 1.82) is 0 Å². The number of hydrogen-bond acceptors (Lipinski definition) is 5. The van der Waals surface area contributed by atoms with E-state index in [0.29, 0.717) is 5.52 Å². The quantitative estimate of drug-likeness (QED) is 0.815. The molecule has 22 heavy (non-hydrogen) atoms. The highest BCUT2D eigenvalue weighted by Gasteiger charge is 2.27. The molecule has 0 atom stereocenters. The van der Waals surface area contributed by atoms with E-state index in [0.717, 1.165) is 11.1 Å². The second-order valence-electron chi connectivity index (χ2n) is 6.40. The lowest BCUT2D eigenvalue weighted by Gasteiger charge is -2.21. The first-order chi connectivity index (χ1) is 10.1. The van der Waals surface area contributed by atoms with Gasteiger partial charge in [0.2, 0.25) is 0 Å². The van der Waals surface area contributed by atoms with Gasteiger partial charge in [0.05, 0.1) is 11.1 Å². The second kappa shape index (κ2) is 5.66. The Hall–Kier alpha value is -1.99. The molecule has 0 amide bonds. The predicted molar refractivity (Wildman–Crippen MR) is 87.7 cm³/mol. The molecule has 1 heterocycles. The summed E-state index contributed by atoms with van der Waals surface area (Å²) in [6, 6.07) is 7.08. The Bertz CT molecular complexity index is 701. The van der Waals surface area contributed by atoms with Crippen LogP contribution >= 0.6 is 0 Å². The Kier molecular flexibility index (Phi) is 4.22. The van der Waals surface area contributed by atoms with Gasteiger partial charge in [0, 0.05) is 25.2 Å². The molecule has 0 saturated heterocycles. The number of rotatable bonds is 2. The van der Waals surface area contributed by atoms with Gasteiger partial charge in [-0.3, -0.25) is 4.57 Å². The highest BCUT2D eigenvalue weighted by atomic mass is 16.6. The minimum atomic E-state index is -1.76. The Labute approximate surface area is 130 Å². The predicted octanol–water partition coefficient (Wildman–Crippen LogP) is 1.17. The Morgan fingerprint density at radius 1 is 1.23 bits per heavy atom. The zero-order chi connectivity index (χ0) is 16.7. The number of fused-ring (bicyclic) bond motifs is 1. The van der Waals surface area contributed by atoms with Crippen LogP contribution in [0.3, 0.4) is 0 Å². The van der Waals surface area contributed by atoms with Gasteiger partial charge >= 0.3 is 13.2 Å². The van der Waals surface area contributed by atoms with Crippen molar-refractivity contribution < 1.29 is 19.6 Å². The molecule has 0 radical (unpaired) electrons. The molecule has 118 valence electrons. The molecule has 0 fully saturated rings. The SMILES string of the molecule is CN(C)c1ccc2c(c1)cc(B(O)O)n2C(=O)OC(C)(C)C. The molecule has 1 aromatic heterocycles. The van der Waals surface area contributed by atoms with E-state index in [1.807, 2.05) is 31.1 Å². The topological polar surface area (TPSA) is 74.9 Å². The summed E-state index contributed by atoms with van der Waals surface area (Å²) >= 11 is 0. The summed E-state index contributed by atoms with van der Waals surface area (Å²) in [7, 11) is 2.06. The number of carbonyl (C=O) groups is 1. The van der Waals surface area contributed by atoms with Crippen LogP contribution in [-0.2, 0) is 4.74 Å². The zero-order valence-corrected chi connectivity index (χ0v) is 13.5. The average Bonchev–Trinajstić information content (AvgIpc) is 2.74. The van der Waals surface area contributed by atoms with Crippen LogP contribution in [0.1, 0.15) is 20.8 Å². The fraction of sp³-hybridized carbons (Fsp3) is 0.400. The highest BCUT2D eigenvalue weighted by molar-refractivity contribution is 6.59. The van der Waals surface area contributed by atoms with Crippen molar-refractivity contribution in [3.8, 4) is 0 Å². The maximum absolute atomic E-state index is 12.4. The standard InChI is InChI=1S/C15H21BN2O4/c1-15(2,3)22-14(19)18-12-7-6-11(17(4)5)8-10(12)9-13(18)16(20)21/h6-9,20-21H,1-5H3. The minimum Gasteiger partial charge on any atom is -0.443 e. The first-order valence-electron chi connectivity index (χ1n) is 7.02. The van der Waals surface area contributed by atoms with Crippen LogP contribution in [0.2, 0.25) is 0 Å². The summed E-state index contributed by atoms with van der Waals surface area (Å²) in [6.07, 6.45) is -0.636. The monoisotopic (exact) mass is 304 g/mol. The third-order valence-electron chi connectivity index (χ3n) is 3.17. The summed E-state index contributed by atoms with van der Waals surface area (Å²) in [5.74, 6) is 0. The maximum atomic E-state index is 12.4. The molecule has 0 unspecified atom stereocenters. The molecular formula is C15H21BN2O4. The molecule has 0 bridgehead atoms. The normalized spacial score (nSPS) is 11.6. The van der Waals surface area contributed by atoms with Crippen LogP contribution in [0.25, 0.3) is 10.9 Å². The minimum absolute atomic E-state index is 0.0835. The van der Waals surface area contributed by atoms with Crippen molar-refractivity contribution in [3.05, 3.63) is 24.3 Å². The van der Waals surface area contributed by atoms with Crippen LogP contribution in [0.4, 0.5) is 10.5 Å². The summed E-state index contributed by atoms with van der Waals surface area (Å²) < 4.78 is 6.55. The molecule has 2 aromatic rings. The molecule has 1 aromatic carbocycles. The lowest BCUT2D eigenvalue weighted by Crippen LogP contribution is -2.40. The summed E-state index contributed by atoms with van der Waals surface area (Å²) in [4.78, 5) is 14.3. The summed E-state index contributed by atoms with van der Waals surface area (Å²) in [5, 5.41) is 19.8. The van der Waals surface area contributed by atoms with Crippen LogP contribution in [0.15, 0.2) is 24.3 Å². The van der Waals surface area contributed by atoms with Gasteiger partial charge in [-0.15, -0.1) is 0 Å². The third kappa shape index (κ3) is 3.26. The van der Waals surface area contributed by atoms with E-state index < -0.39 is 18.8 Å². The number of carbonyl (C=O) groups excluding carboxylic acids is 1. The van der Waals surface area contributed by atoms with E-state index in [2.05, 4.69) is 0 Å². The van der Waals surface area contributed by atoms with Crippen molar-refractivity contribution in [2.75, 3.05) is 19.0 Å². The molecule has 0 aliphatic rings. The van der Waals surface area contributed by atoms with Crippen molar-refractivity contribution in [3.63, 3.8) is 0 Å². The van der Waals surface area contributed by atoms with Gasteiger partial charge in [0.1, 0.15) is 5.60 Å². The molecular weight excluding hydrogens is 283 g/mol. The van der Waals surface area contributed by atoms with Gasteiger partial charge < -0.3 is 19.7 Å². The third-order valence-corrected chi connectivity index (χ3v) is 3.17. The maximum Gasteiger partial charge on any atom is 0.506 e. The van der Waals surface area contributed by atoms with Gasteiger partial charge in [-0.1, -0.05) is 0 Å². The van der Waals surface area contributed by atoms with Crippen molar-refractivity contribution in [2.45, 2.75) is 26.4 Å². The first kappa shape index (κ1) is 16.4. The molecule has 0 spiro atoms. The van der Waals surface area contributed by atoms with E-state index in [-0.39, 0.29) is 5.59 Å². The molecule has 0 aliphatic heterocycles. The van der Waals surface area contributed by atoms with Crippen LogP contribution in [-0.4, -0.2) is 47.5 Å². The van der Waals surface area contributed by atoms with Gasteiger partial charge in [0.25, 0.3) is 0 Å². The lowest BCUT2D eigenvalue weighted by molar-refractivity contribution is 0.0547. The van der Waals surface area contributed by atoms with E-state index in [1.54, 1.807) is 32.9 Å². The Balaban J connectivity index is 2.60. The van der Waals surface area contributed by atoms with Gasteiger partial charge in [0.15, 0.2) is 0 Å². The number of ether oxygens (including phenoxy) is 1. The largest absolute Gasteiger partial charge is 0.506 e. The van der Waals surface area contributed by atoms with E-state index in [1.165, 1.54) is 4.57 Å². The number of anilines is 1. The van der Waals surface area contributed by atoms with Crippen molar-refractivity contribution in [2.24, 2.45) is 0 Å². The van der Waals surface area contributed by atoms with E-state index in [4.69, 9.17) is 4.74 Å². The molecule has 6 nitrogen and oxygen atoms in total. The van der Waals surface area contributed by atoms with Crippen LogP contribution < -0.4 is 10.5 Å². The van der Waals surface area contributed by atoms with E-state index in [9.17, 15) is 14.8 Å². The van der Waals surface area contributed by atoms with Crippen molar-refractivity contribution in [1.82, 2.24) is 4.57 Å². The van der Waals surface area contributed by atoms with Crippen LogP contribution in [0.5, 0.6) is 0 Å². The summed E-state index contributed by atoms with van der Waals surface area (Å²) in [6.45, 7) is 5.28. The summed E-state index contributed by atoms with van der Waals surface area (Å²) in [5.41, 5.74) is 0.936. The number of aromatic nitrogens is 1. The number of nitrogens with zero attached hydrogens (tertiary/aromatic N) is 2. The number of benzene rings is 1. The number of hydrogen-bond donors (Lipinski definition) is 2. The van der Waals surface area contributed by atoms with Crippen molar-refractivity contribution >= 4 is 35.4 Å². The van der Waals surface area contributed by atoms with Gasteiger partial charge in [-0.2, -0.15) is 0 Å². The Morgan fingerprint density at radius 2 is 1.86 bits per heavy atom. The average molecular weight is 304 g/mol. The molecule has 7 heteroatoms. The van der Waals surface area contributed by atoms with Gasteiger partial charge in [-0.05, 0) is 45.0 Å². The van der Waals surface area contributed by atoms with Gasteiger partial charge in [-0.25, -0.2) is 4.79 Å². The fourth-order valence-electron chi connectivity index (χ4n) is 2.20. The molecule has 2 rings (SSSR count). The molecule has 0 aliphatic carbocycles. The first-order valence-corrected chi connectivity index (χ1v) is 7.02. The van der Waals surface area contributed by atoms with E-state index >= 15 is 0 Å². The molecule has 2 N–H and O–H groups in total. The highest BCUT2D eigenvalue weighted by Crippen LogP contribution is 2.22. The fourth-order valence-corrected chi connectivity index (χ4v) is 2.20. The smallest absolute Gasteiger partial charge is 0.443 e. The Morgan fingerprint density at radius 3 is 2.36 bits per heavy atom. The lowest BCUT2D eigenvalue weighted by atomic mass is 9.86. The zero-order valence-electron chi connectivity index (χ0n) is 13.5. The van der Waals surface area contributed by atoms with Crippen LogP contribution in [0, 0.1) is 0 Å². The second-order valence-corrected chi connectivity index (χ2v) is 6.40.